The molecular weight excluding hydrogens is 272 g/mol. The molecule has 0 aliphatic carbocycles. The normalized spacial score (nSPS) is 14.6. The van der Waals surface area contributed by atoms with E-state index >= 15 is 0 Å². The molecule has 0 bridgehead atoms. The molecule has 5 heteroatoms. The maximum atomic E-state index is 11.9. The van der Waals surface area contributed by atoms with Gasteiger partial charge in [-0.1, -0.05) is 6.92 Å². The third-order valence-electron chi connectivity index (χ3n) is 2.75. The van der Waals surface area contributed by atoms with Crippen LogP contribution in [0.25, 0.3) is 0 Å². The van der Waals surface area contributed by atoms with Crippen molar-refractivity contribution in [2.45, 2.75) is 25.8 Å². The van der Waals surface area contributed by atoms with Gasteiger partial charge in [-0.2, -0.15) is 0 Å². The summed E-state index contributed by atoms with van der Waals surface area (Å²) in [7, 11) is 1.81. The monoisotopic (exact) mass is 288 g/mol. The molecule has 1 heterocycles. The number of halogens is 1. The second-order valence-electron chi connectivity index (χ2n) is 4.18. The SMILES string of the molecule is CCC(C)(CO)NC(=O)c1cc(Br)cn1C. The van der Waals surface area contributed by atoms with E-state index in [1.54, 1.807) is 10.6 Å². The summed E-state index contributed by atoms with van der Waals surface area (Å²) in [6.45, 7) is 3.68. The van der Waals surface area contributed by atoms with Gasteiger partial charge in [0.2, 0.25) is 0 Å². The van der Waals surface area contributed by atoms with Gasteiger partial charge in [-0.3, -0.25) is 4.79 Å². The van der Waals surface area contributed by atoms with Gasteiger partial charge >= 0.3 is 0 Å². The molecule has 0 radical (unpaired) electrons. The number of aryl methyl sites for hydroxylation is 1. The van der Waals surface area contributed by atoms with Gasteiger partial charge in [-0.15, -0.1) is 0 Å². The Morgan fingerprint density at radius 2 is 2.31 bits per heavy atom. The maximum absolute atomic E-state index is 11.9. The number of nitrogens with zero attached hydrogens (tertiary/aromatic N) is 1. The van der Waals surface area contributed by atoms with Crippen molar-refractivity contribution < 1.29 is 9.90 Å². The fraction of sp³-hybridized carbons (Fsp3) is 0.545. The van der Waals surface area contributed by atoms with Crippen LogP contribution < -0.4 is 5.32 Å². The number of aliphatic hydroxyl groups is 1. The van der Waals surface area contributed by atoms with Crippen LogP contribution in [0.4, 0.5) is 0 Å². The van der Waals surface area contributed by atoms with E-state index in [0.29, 0.717) is 12.1 Å². The van der Waals surface area contributed by atoms with E-state index in [0.717, 1.165) is 4.47 Å². The largest absolute Gasteiger partial charge is 0.394 e. The van der Waals surface area contributed by atoms with Crippen LogP contribution in [0.15, 0.2) is 16.7 Å². The van der Waals surface area contributed by atoms with Gasteiger partial charge in [0.15, 0.2) is 0 Å². The molecule has 1 amide bonds. The highest BCUT2D eigenvalue weighted by molar-refractivity contribution is 9.10. The molecule has 0 aromatic carbocycles. The molecule has 0 spiro atoms. The van der Waals surface area contributed by atoms with Crippen LogP contribution in [-0.2, 0) is 7.05 Å². The standard InChI is InChI=1S/C11H17BrN2O2/c1-4-11(2,7-15)13-10(16)9-5-8(12)6-14(9)3/h5-6,15H,4,7H2,1-3H3,(H,13,16). The van der Waals surface area contributed by atoms with E-state index in [-0.39, 0.29) is 12.5 Å². The lowest BCUT2D eigenvalue weighted by atomic mass is 10.0. The van der Waals surface area contributed by atoms with Crippen LogP contribution in [0.3, 0.4) is 0 Å². The summed E-state index contributed by atoms with van der Waals surface area (Å²) in [6, 6.07) is 1.75. The number of hydrogen-bond acceptors (Lipinski definition) is 2. The molecule has 0 saturated carbocycles. The van der Waals surface area contributed by atoms with Gasteiger partial charge < -0.3 is 15.0 Å². The molecule has 0 aliphatic rings. The smallest absolute Gasteiger partial charge is 0.268 e. The Bertz CT molecular complexity index is 383. The first-order valence-corrected chi connectivity index (χ1v) is 5.96. The zero-order chi connectivity index (χ0) is 12.3. The molecule has 0 fully saturated rings. The number of aliphatic hydroxyl groups excluding tert-OH is 1. The van der Waals surface area contributed by atoms with Gasteiger partial charge in [-0.25, -0.2) is 0 Å². The minimum atomic E-state index is -0.562. The van der Waals surface area contributed by atoms with Crippen molar-refractivity contribution in [1.29, 1.82) is 0 Å². The van der Waals surface area contributed by atoms with E-state index in [1.165, 1.54) is 0 Å². The van der Waals surface area contributed by atoms with E-state index in [9.17, 15) is 9.90 Å². The number of amides is 1. The molecule has 1 aromatic heterocycles. The molecule has 90 valence electrons. The van der Waals surface area contributed by atoms with Gasteiger partial charge in [0.1, 0.15) is 5.69 Å². The Morgan fingerprint density at radius 3 is 2.69 bits per heavy atom. The number of carbonyl (C=O) groups is 1. The van der Waals surface area contributed by atoms with Crippen LogP contribution in [-0.4, -0.2) is 27.7 Å². The van der Waals surface area contributed by atoms with Crippen molar-refractivity contribution in [3.05, 3.63) is 22.4 Å². The summed E-state index contributed by atoms with van der Waals surface area (Å²) >= 11 is 3.31. The third kappa shape index (κ3) is 2.86. The molecule has 1 atom stereocenters. The average Bonchev–Trinajstić information content (AvgIpc) is 2.57. The third-order valence-corrected chi connectivity index (χ3v) is 3.18. The summed E-state index contributed by atoms with van der Waals surface area (Å²) in [5, 5.41) is 12.1. The van der Waals surface area contributed by atoms with Gasteiger partial charge in [0.25, 0.3) is 5.91 Å². The Morgan fingerprint density at radius 1 is 1.69 bits per heavy atom. The predicted octanol–water partition coefficient (Wildman–Crippen LogP) is 1.68. The first kappa shape index (κ1) is 13.3. The summed E-state index contributed by atoms with van der Waals surface area (Å²) in [4.78, 5) is 11.9. The summed E-state index contributed by atoms with van der Waals surface area (Å²) < 4.78 is 2.61. The zero-order valence-electron chi connectivity index (χ0n) is 9.75. The van der Waals surface area contributed by atoms with E-state index in [2.05, 4.69) is 21.2 Å². The fourth-order valence-corrected chi connectivity index (χ4v) is 1.85. The van der Waals surface area contributed by atoms with Crippen molar-refractivity contribution in [2.75, 3.05) is 6.61 Å². The second kappa shape index (κ2) is 5.01. The van der Waals surface area contributed by atoms with E-state index in [1.807, 2.05) is 27.1 Å². The molecular formula is C11H17BrN2O2. The van der Waals surface area contributed by atoms with Crippen LogP contribution in [0.2, 0.25) is 0 Å². The lowest BCUT2D eigenvalue weighted by Crippen LogP contribution is -2.48. The number of carbonyl (C=O) groups excluding carboxylic acids is 1. The summed E-state index contributed by atoms with van der Waals surface area (Å²) in [5.41, 5.74) is 0.00777. The van der Waals surface area contributed by atoms with Crippen LogP contribution in [0, 0.1) is 0 Å². The van der Waals surface area contributed by atoms with Crippen molar-refractivity contribution in [3.8, 4) is 0 Å². The molecule has 16 heavy (non-hydrogen) atoms. The quantitative estimate of drug-likeness (QED) is 0.886. The highest BCUT2D eigenvalue weighted by Crippen LogP contribution is 2.15. The molecule has 0 saturated heterocycles. The Balaban J connectivity index is 2.84. The molecule has 2 N–H and O–H groups in total. The van der Waals surface area contributed by atoms with Crippen LogP contribution in [0.1, 0.15) is 30.8 Å². The first-order chi connectivity index (χ1) is 7.41. The zero-order valence-corrected chi connectivity index (χ0v) is 11.3. The fourth-order valence-electron chi connectivity index (χ4n) is 1.33. The Labute approximate surface area is 104 Å². The number of hydrogen-bond donors (Lipinski definition) is 2. The minimum Gasteiger partial charge on any atom is -0.394 e. The number of aromatic nitrogens is 1. The number of nitrogens with one attached hydrogen (secondary N) is 1. The van der Waals surface area contributed by atoms with Crippen LogP contribution >= 0.6 is 15.9 Å². The Kier molecular flexibility index (Phi) is 4.15. The van der Waals surface area contributed by atoms with Gasteiger partial charge in [-0.05, 0) is 35.3 Å². The molecule has 1 rings (SSSR count). The maximum Gasteiger partial charge on any atom is 0.268 e. The number of rotatable bonds is 4. The summed E-state index contributed by atoms with van der Waals surface area (Å²) in [6.07, 6.45) is 2.50. The molecule has 0 aliphatic heterocycles. The van der Waals surface area contributed by atoms with E-state index < -0.39 is 5.54 Å². The predicted molar refractivity (Wildman–Crippen MR) is 66.4 cm³/mol. The van der Waals surface area contributed by atoms with E-state index in [4.69, 9.17) is 0 Å². The minimum absolute atomic E-state index is 0.0686. The summed E-state index contributed by atoms with van der Waals surface area (Å²) in [5.74, 6) is -0.174. The molecule has 1 unspecified atom stereocenters. The molecule has 4 nitrogen and oxygen atoms in total. The molecule has 1 aromatic rings. The van der Waals surface area contributed by atoms with Gasteiger partial charge in [0.05, 0.1) is 12.1 Å². The van der Waals surface area contributed by atoms with Crippen molar-refractivity contribution in [3.63, 3.8) is 0 Å². The van der Waals surface area contributed by atoms with Crippen molar-refractivity contribution >= 4 is 21.8 Å². The lowest BCUT2D eigenvalue weighted by molar-refractivity contribution is 0.0839. The van der Waals surface area contributed by atoms with Crippen molar-refractivity contribution in [2.24, 2.45) is 7.05 Å². The lowest BCUT2D eigenvalue weighted by Gasteiger charge is -2.27. The average molecular weight is 289 g/mol. The highest BCUT2D eigenvalue weighted by Gasteiger charge is 2.24. The second-order valence-corrected chi connectivity index (χ2v) is 5.10. The first-order valence-electron chi connectivity index (χ1n) is 5.17. The van der Waals surface area contributed by atoms with Crippen molar-refractivity contribution in [1.82, 2.24) is 9.88 Å². The topological polar surface area (TPSA) is 54.3 Å². The highest BCUT2D eigenvalue weighted by atomic mass is 79.9. The van der Waals surface area contributed by atoms with Gasteiger partial charge in [0, 0.05) is 17.7 Å². The Hall–Kier alpha value is -0.810. The van der Waals surface area contributed by atoms with Crippen LogP contribution in [0.5, 0.6) is 0 Å².